The van der Waals surface area contributed by atoms with E-state index >= 15 is 0 Å². The van der Waals surface area contributed by atoms with Crippen molar-refractivity contribution in [2.45, 2.75) is 58.8 Å². The van der Waals surface area contributed by atoms with E-state index in [0.29, 0.717) is 19.8 Å². The van der Waals surface area contributed by atoms with Gasteiger partial charge < -0.3 is 19.1 Å². The van der Waals surface area contributed by atoms with Crippen molar-refractivity contribution < 1.29 is 14.2 Å². The number of fused-ring (bicyclic) bond motifs is 1. The van der Waals surface area contributed by atoms with E-state index in [9.17, 15) is 0 Å². The van der Waals surface area contributed by atoms with E-state index in [0.717, 1.165) is 72.8 Å². The number of hydrogen-bond acceptors (Lipinski definition) is 8. The Bertz CT molecular complexity index is 1560. The van der Waals surface area contributed by atoms with Gasteiger partial charge >= 0.3 is 0 Å². The van der Waals surface area contributed by atoms with Gasteiger partial charge in [0.05, 0.1) is 23.7 Å². The topological polar surface area (TPSA) is 59.4 Å². The number of amidine groups is 1. The van der Waals surface area contributed by atoms with Gasteiger partial charge in [-0.25, -0.2) is 4.98 Å². The minimum absolute atomic E-state index is 0.00240. The molecule has 7 nitrogen and oxygen atoms in total. The first-order chi connectivity index (χ1) is 21.6. The normalized spacial score (nSPS) is 17.6. The molecule has 1 aromatic heterocycles. The summed E-state index contributed by atoms with van der Waals surface area (Å²) >= 11 is 1.69. The van der Waals surface area contributed by atoms with Gasteiger partial charge in [-0.05, 0) is 61.2 Å². The van der Waals surface area contributed by atoms with Gasteiger partial charge in [-0.15, -0.1) is 11.3 Å². The molecule has 0 saturated carbocycles. The van der Waals surface area contributed by atoms with Crippen LogP contribution in [0.15, 0.2) is 83.2 Å². The zero-order valence-electron chi connectivity index (χ0n) is 25.9. The molecule has 6 rings (SSSR count). The van der Waals surface area contributed by atoms with Crippen LogP contribution in [0, 0.1) is 6.92 Å². The van der Waals surface area contributed by atoms with Crippen LogP contribution >= 0.6 is 11.3 Å². The maximum atomic E-state index is 5.95. The lowest BCUT2D eigenvalue weighted by Gasteiger charge is -2.35. The SMILES string of the molecule is CCCCN1C(c2csc(C)n2)=NC(c2ccccc2)C1CN(Cc1cccc(OCC)c1)Cc1ccc2c(c1)OCCO2. The highest BCUT2D eigenvalue weighted by molar-refractivity contribution is 7.09. The summed E-state index contributed by atoms with van der Waals surface area (Å²) in [5.74, 6) is 3.56. The van der Waals surface area contributed by atoms with E-state index in [4.69, 9.17) is 24.2 Å². The Morgan fingerprint density at radius 3 is 2.48 bits per heavy atom. The molecule has 2 aliphatic heterocycles. The standard InChI is InChI=1S/C36H42N4O3S/c1-4-6-17-40-32(35(29-12-8-7-9-13-29)38-36(40)31-25-44-26(3)37-31)24-39(22-27-11-10-14-30(20-27)41-5-2)23-28-15-16-33-34(21-28)43-19-18-42-33/h7-16,20-21,25,32,35H,4-6,17-19,22-24H2,1-3H3. The van der Waals surface area contributed by atoms with Gasteiger partial charge in [-0.3, -0.25) is 9.89 Å². The third-order valence-electron chi connectivity index (χ3n) is 8.11. The van der Waals surface area contributed by atoms with Gasteiger partial charge in [0.1, 0.15) is 24.7 Å². The van der Waals surface area contributed by atoms with Gasteiger partial charge in [0, 0.05) is 31.6 Å². The Hall–Kier alpha value is -3.88. The van der Waals surface area contributed by atoms with Gasteiger partial charge in [0.15, 0.2) is 17.3 Å². The van der Waals surface area contributed by atoms with Crippen LogP contribution in [0.4, 0.5) is 0 Å². The fourth-order valence-electron chi connectivity index (χ4n) is 6.10. The summed E-state index contributed by atoms with van der Waals surface area (Å²) in [6.45, 7) is 11.5. The van der Waals surface area contributed by atoms with Crippen molar-refractivity contribution in [2.24, 2.45) is 4.99 Å². The minimum atomic E-state index is 0.00240. The van der Waals surface area contributed by atoms with Crippen LogP contribution in [-0.2, 0) is 13.1 Å². The van der Waals surface area contributed by atoms with Gasteiger partial charge in [-0.2, -0.15) is 0 Å². The highest BCUT2D eigenvalue weighted by atomic mass is 32.1. The number of aliphatic imine (C=N–C) groups is 1. The second kappa shape index (κ2) is 14.3. The smallest absolute Gasteiger partial charge is 0.161 e. The number of benzene rings is 3. The number of rotatable bonds is 13. The van der Waals surface area contributed by atoms with Crippen molar-refractivity contribution >= 4 is 17.2 Å². The molecule has 0 N–H and O–H groups in total. The Kier molecular flexibility index (Phi) is 9.78. The molecule has 0 aliphatic carbocycles. The Morgan fingerprint density at radius 2 is 1.73 bits per heavy atom. The molecule has 0 fully saturated rings. The Balaban J connectivity index is 1.36. The first-order valence-electron chi connectivity index (χ1n) is 15.8. The number of hydrogen-bond donors (Lipinski definition) is 0. The third kappa shape index (κ3) is 7.08. The van der Waals surface area contributed by atoms with Gasteiger partial charge in [-0.1, -0.05) is 61.9 Å². The lowest BCUT2D eigenvalue weighted by Crippen LogP contribution is -2.46. The minimum Gasteiger partial charge on any atom is -0.494 e. The van der Waals surface area contributed by atoms with E-state index < -0.39 is 0 Å². The molecule has 3 heterocycles. The summed E-state index contributed by atoms with van der Waals surface area (Å²) in [6.07, 6.45) is 2.21. The summed E-state index contributed by atoms with van der Waals surface area (Å²) in [7, 11) is 0. The molecule has 3 aromatic carbocycles. The largest absolute Gasteiger partial charge is 0.494 e. The maximum absolute atomic E-state index is 5.95. The Labute approximate surface area is 265 Å². The van der Waals surface area contributed by atoms with Crippen molar-refractivity contribution in [3.8, 4) is 17.2 Å². The number of ether oxygens (including phenoxy) is 3. The van der Waals surface area contributed by atoms with E-state index in [-0.39, 0.29) is 12.1 Å². The zero-order chi connectivity index (χ0) is 30.3. The summed E-state index contributed by atoms with van der Waals surface area (Å²) in [5.41, 5.74) is 4.63. The Morgan fingerprint density at radius 1 is 0.932 bits per heavy atom. The summed E-state index contributed by atoms with van der Waals surface area (Å²) in [5, 5.41) is 3.22. The average Bonchev–Trinajstić information content (AvgIpc) is 3.63. The van der Waals surface area contributed by atoms with Crippen molar-refractivity contribution in [1.82, 2.24) is 14.8 Å². The monoisotopic (exact) mass is 610 g/mol. The number of aryl methyl sites for hydroxylation is 1. The second-order valence-electron chi connectivity index (χ2n) is 11.4. The summed E-state index contributed by atoms with van der Waals surface area (Å²) < 4.78 is 17.6. The number of aromatic nitrogens is 1. The maximum Gasteiger partial charge on any atom is 0.161 e. The molecule has 0 bridgehead atoms. The predicted molar refractivity (Wildman–Crippen MR) is 177 cm³/mol. The lowest BCUT2D eigenvalue weighted by atomic mass is 9.98. The zero-order valence-corrected chi connectivity index (χ0v) is 26.8. The summed E-state index contributed by atoms with van der Waals surface area (Å²) in [6, 6.07) is 25.7. The average molecular weight is 611 g/mol. The van der Waals surface area contributed by atoms with E-state index in [1.54, 1.807) is 11.3 Å². The van der Waals surface area contributed by atoms with Crippen molar-refractivity contribution in [3.05, 3.63) is 106 Å². The molecule has 8 heteroatoms. The fourth-order valence-corrected chi connectivity index (χ4v) is 6.69. The van der Waals surface area contributed by atoms with Crippen molar-refractivity contribution in [3.63, 3.8) is 0 Å². The molecule has 2 aliphatic rings. The van der Waals surface area contributed by atoms with E-state index in [1.165, 1.54) is 16.7 Å². The molecule has 0 spiro atoms. The van der Waals surface area contributed by atoms with Gasteiger partial charge in [0.25, 0.3) is 0 Å². The first-order valence-corrected chi connectivity index (χ1v) is 16.6. The highest BCUT2D eigenvalue weighted by Crippen LogP contribution is 2.36. The van der Waals surface area contributed by atoms with Crippen molar-refractivity contribution in [1.29, 1.82) is 0 Å². The molecule has 0 amide bonds. The third-order valence-corrected chi connectivity index (χ3v) is 8.89. The van der Waals surface area contributed by atoms with Crippen LogP contribution in [0.25, 0.3) is 0 Å². The fraction of sp³-hybridized carbons (Fsp3) is 0.389. The molecule has 0 saturated heterocycles. The van der Waals surface area contributed by atoms with Crippen LogP contribution in [0.1, 0.15) is 60.1 Å². The van der Waals surface area contributed by atoms with Crippen LogP contribution < -0.4 is 14.2 Å². The second-order valence-corrected chi connectivity index (χ2v) is 12.5. The number of unbranched alkanes of at least 4 members (excludes halogenated alkanes) is 1. The molecule has 2 unspecified atom stereocenters. The van der Waals surface area contributed by atoms with Crippen LogP contribution in [0.2, 0.25) is 0 Å². The molecule has 0 radical (unpaired) electrons. The molecular formula is C36H42N4O3S. The number of nitrogens with zero attached hydrogens (tertiary/aromatic N) is 4. The molecule has 2 atom stereocenters. The van der Waals surface area contributed by atoms with Crippen LogP contribution in [-0.4, -0.2) is 59.6 Å². The molecular weight excluding hydrogens is 568 g/mol. The molecule has 230 valence electrons. The summed E-state index contributed by atoms with van der Waals surface area (Å²) in [4.78, 5) is 15.4. The van der Waals surface area contributed by atoms with E-state index in [1.807, 2.05) is 19.1 Å². The van der Waals surface area contributed by atoms with Crippen molar-refractivity contribution in [2.75, 3.05) is 32.9 Å². The predicted octanol–water partition coefficient (Wildman–Crippen LogP) is 7.30. The molecule has 44 heavy (non-hydrogen) atoms. The number of thiazole rings is 1. The van der Waals surface area contributed by atoms with Crippen LogP contribution in [0.3, 0.4) is 0 Å². The molecule has 4 aromatic rings. The lowest BCUT2D eigenvalue weighted by molar-refractivity contribution is 0.167. The van der Waals surface area contributed by atoms with Crippen LogP contribution in [0.5, 0.6) is 17.2 Å². The quantitative estimate of drug-likeness (QED) is 0.158. The van der Waals surface area contributed by atoms with E-state index in [2.05, 4.69) is 89.7 Å². The first kappa shape index (κ1) is 30.2. The van der Waals surface area contributed by atoms with Gasteiger partial charge in [0.2, 0.25) is 0 Å². The highest BCUT2D eigenvalue weighted by Gasteiger charge is 2.39.